The van der Waals surface area contributed by atoms with Gasteiger partial charge in [-0.1, -0.05) is 6.07 Å². The van der Waals surface area contributed by atoms with Crippen LogP contribution in [0.4, 0.5) is 26.3 Å². The third-order valence-corrected chi connectivity index (χ3v) is 1.76. The van der Waals surface area contributed by atoms with Crippen LogP contribution < -0.4 is 0 Å². The predicted molar refractivity (Wildman–Crippen MR) is 41.7 cm³/mol. The first-order valence-corrected chi connectivity index (χ1v) is 3.92. The van der Waals surface area contributed by atoms with Crippen LogP contribution in [-0.4, -0.2) is 12.0 Å². The molecule has 1 nitrogen and oxygen atoms in total. The molecule has 0 heterocycles. The summed E-state index contributed by atoms with van der Waals surface area (Å²) in [6, 6.07) is 1.12. The molecule has 0 spiro atoms. The van der Waals surface area contributed by atoms with E-state index < -0.39 is 35.3 Å². The van der Waals surface area contributed by atoms with Crippen molar-refractivity contribution >= 4 is 5.78 Å². The summed E-state index contributed by atoms with van der Waals surface area (Å²) < 4.78 is 72.7. The lowest BCUT2D eigenvalue weighted by molar-refractivity contribution is -0.0885. The zero-order chi connectivity index (χ0) is 12.5. The number of hydrogen-bond acceptors (Lipinski definition) is 1. The van der Waals surface area contributed by atoms with E-state index in [2.05, 4.69) is 0 Å². The highest BCUT2D eigenvalue weighted by Crippen LogP contribution is 2.26. The Labute approximate surface area is 85.7 Å². The molecule has 88 valence electrons. The van der Waals surface area contributed by atoms with Crippen LogP contribution in [0.2, 0.25) is 0 Å². The highest BCUT2D eigenvalue weighted by molar-refractivity contribution is 6.00. The maximum absolute atomic E-state index is 12.8. The van der Waals surface area contributed by atoms with Crippen LogP contribution in [0.3, 0.4) is 0 Å². The van der Waals surface area contributed by atoms with Crippen LogP contribution in [-0.2, 0) is 0 Å². The quantitative estimate of drug-likeness (QED) is 0.573. The molecule has 16 heavy (non-hydrogen) atoms. The Hall–Kier alpha value is -1.53. The Morgan fingerprint density at radius 2 is 1.75 bits per heavy atom. The average molecular weight is 242 g/mol. The van der Waals surface area contributed by atoms with E-state index in [0.717, 1.165) is 0 Å². The molecular weight excluding hydrogens is 238 g/mol. The van der Waals surface area contributed by atoms with Crippen LogP contribution in [0.1, 0.15) is 22.3 Å². The molecular formula is C9H4F6O. The summed E-state index contributed by atoms with van der Waals surface area (Å²) >= 11 is 0. The first kappa shape index (κ1) is 12.5. The largest absolute Gasteiger partial charge is 0.454 e. The summed E-state index contributed by atoms with van der Waals surface area (Å²) in [5.41, 5.74) is -2.05. The lowest BCUT2D eigenvalue weighted by atomic mass is 10.1. The Morgan fingerprint density at radius 3 is 2.12 bits per heavy atom. The van der Waals surface area contributed by atoms with Gasteiger partial charge < -0.3 is 0 Å². The summed E-state index contributed by atoms with van der Waals surface area (Å²) in [5, 5.41) is 0. The smallest absolute Gasteiger partial charge is 0.284 e. The molecule has 0 aromatic heterocycles. The average Bonchev–Trinajstić information content (AvgIpc) is 2.14. The molecule has 0 amide bonds. The fourth-order valence-corrected chi connectivity index (χ4v) is 1.01. The molecule has 0 aliphatic rings. The van der Waals surface area contributed by atoms with Gasteiger partial charge in [-0.15, -0.1) is 0 Å². The minimum Gasteiger partial charge on any atom is -0.284 e. The monoisotopic (exact) mass is 242 g/mol. The van der Waals surface area contributed by atoms with Gasteiger partial charge in [0.15, 0.2) is 0 Å². The van der Waals surface area contributed by atoms with Crippen molar-refractivity contribution in [3.63, 3.8) is 0 Å². The van der Waals surface area contributed by atoms with Gasteiger partial charge >= 0.3 is 6.18 Å². The summed E-state index contributed by atoms with van der Waals surface area (Å²) in [4.78, 5) is 10.6. The fraction of sp³-hybridized carbons (Fsp3) is 0.222. The molecule has 1 rings (SSSR count). The number of rotatable bonds is 2. The van der Waals surface area contributed by atoms with E-state index in [9.17, 15) is 31.1 Å². The van der Waals surface area contributed by atoms with Gasteiger partial charge in [-0.25, -0.2) is 13.2 Å². The Kier molecular flexibility index (Phi) is 3.25. The second-order valence-corrected chi connectivity index (χ2v) is 2.86. The van der Waals surface area contributed by atoms with Gasteiger partial charge in [-0.3, -0.25) is 4.79 Å². The van der Waals surface area contributed by atoms with Gasteiger partial charge in [0.2, 0.25) is 0 Å². The number of carbonyl (C=O) groups is 1. The molecule has 0 saturated carbocycles. The molecule has 1 aromatic carbocycles. The fourth-order valence-electron chi connectivity index (χ4n) is 1.01. The summed E-state index contributed by atoms with van der Waals surface area (Å²) in [7, 11) is 0. The molecule has 1 aromatic rings. The van der Waals surface area contributed by atoms with Crippen molar-refractivity contribution in [1.82, 2.24) is 0 Å². The molecule has 0 unspecified atom stereocenters. The maximum atomic E-state index is 12.8. The van der Waals surface area contributed by atoms with E-state index in [-0.39, 0.29) is 6.07 Å². The molecule has 0 fully saturated rings. The molecule has 0 aliphatic heterocycles. The third kappa shape index (κ3) is 2.53. The normalized spacial score (nSPS) is 11.9. The van der Waals surface area contributed by atoms with Gasteiger partial charge in [-0.05, 0) is 12.1 Å². The van der Waals surface area contributed by atoms with Crippen molar-refractivity contribution in [1.29, 1.82) is 0 Å². The lowest BCUT2D eigenvalue weighted by Crippen LogP contribution is -2.22. The number of hydrogen-bond donors (Lipinski definition) is 0. The maximum Gasteiger partial charge on any atom is 0.454 e. The zero-order valence-corrected chi connectivity index (χ0v) is 7.49. The van der Waals surface area contributed by atoms with Crippen LogP contribution in [0.5, 0.6) is 0 Å². The van der Waals surface area contributed by atoms with Gasteiger partial charge in [0, 0.05) is 5.56 Å². The van der Waals surface area contributed by atoms with E-state index in [1.165, 1.54) is 0 Å². The first-order valence-electron chi connectivity index (χ1n) is 3.92. The summed E-state index contributed by atoms with van der Waals surface area (Å²) in [6.45, 7) is 0. The first-order chi connectivity index (χ1) is 7.23. The van der Waals surface area contributed by atoms with E-state index in [0.29, 0.717) is 12.1 Å². The topological polar surface area (TPSA) is 17.1 Å². The molecule has 0 radical (unpaired) electrons. The number of benzene rings is 1. The number of alkyl halides is 5. The predicted octanol–water partition coefficient (Wildman–Crippen LogP) is 3.51. The van der Waals surface area contributed by atoms with E-state index >= 15 is 0 Å². The molecule has 0 N–H and O–H groups in total. The van der Waals surface area contributed by atoms with E-state index in [1.807, 2.05) is 0 Å². The highest BCUT2D eigenvalue weighted by atomic mass is 19.4. The minimum absolute atomic E-state index is 0.150. The highest BCUT2D eigenvalue weighted by Gasteiger charge is 2.39. The van der Waals surface area contributed by atoms with Crippen molar-refractivity contribution in [2.75, 3.05) is 0 Å². The van der Waals surface area contributed by atoms with Crippen LogP contribution >= 0.6 is 0 Å². The van der Waals surface area contributed by atoms with Gasteiger partial charge in [0.25, 0.3) is 12.2 Å². The zero-order valence-electron chi connectivity index (χ0n) is 7.49. The lowest BCUT2D eigenvalue weighted by Gasteiger charge is -2.07. The van der Waals surface area contributed by atoms with Crippen molar-refractivity contribution in [3.8, 4) is 0 Å². The van der Waals surface area contributed by atoms with E-state index in [1.54, 1.807) is 0 Å². The number of carbonyl (C=O) groups excluding carboxylic acids is 1. The molecule has 7 heteroatoms. The molecule has 0 bridgehead atoms. The molecule has 0 aliphatic carbocycles. The third-order valence-electron chi connectivity index (χ3n) is 1.76. The van der Waals surface area contributed by atoms with Gasteiger partial charge in [0.1, 0.15) is 5.82 Å². The van der Waals surface area contributed by atoms with Crippen molar-refractivity contribution in [3.05, 3.63) is 35.1 Å². The second-order valence-electron chi connectivity index (χ2n) is 2.86. The standard InChI is InChI=1S/C9H4F6O/c10-6-3-4(7(16)9(13,14)15)1-2-5(6)8(11)12/h1-3,8H. The molecule has 0 saturated heterocycles. The van der Waals surface area contributed by atoms with Crippen molar-refractivity contribution in [2.45, 2.75) is 12.6 Å². The van der Waals surface area contributed by atoms with Crippen LogP contribution in [0, 0.1) is 5.82 Å². The van der Waals surface area contributed by atoms with Crippen LogP contribution in [0.25, 0.3) is 0 Å². The Balaban J connectivity index is 3.12. The number of halogens is 6. The van der Waals surface area contributed by atoms with Gasteiger partial charge in [0.05, 0.1) is 5.56 Å². The number of Topliss-reactive ketones (excluding diaryl/α,β-unsaturated/α-hetero) is 1. The summed E-state index contributed by atoms with van der Waals surface area (Å²) in [5.74, 6) is -3.81. The van der Waals surface area contributed by atoms with Gasteiger partial charge in [-0.2, -0.15) is 13.2 Å². The van der Waals surface area contributed by atoms with E-state index in [4.69, 9.17) is 0 Å². The Morgan fingerprint density at radius 1 is 1.19 bits per heavy atom. The van der Waals surface area contributed by atoms with Crippen molar-refractivity contribution in [2.24, 2.45) is 0 Å². The second kappa shape index (κ2) is 4.15. The van der Waals surface area contributed by atoms with Crippen molar-refractivity contribution < 1.29 is 31.1 Å². The Bertz CT molecular complexity index is 409. The minimum atomic E-state index is -5.15. The van der Waals surface area contributed by atoms with Crippen LogP contribution in [0.15, 0.2) is 18.2 Å². The SMILES string of the molecule is O=C(c1ccc(C(F)F)c(F)c1)C(F)(F)F. The molecule has 0 atom stereocenters. The number of ketones is 1. The summed E-state index contributed by atoms with van der Waals surface area (Å²) in [6.07, 6.45) is -8.30.